The second kappa shape index (κ2) is 7.02. The van der Waals surface area contributed by atoms with Crippen molar-refractivity contribution in [2.24, 2.45) is 5.14 Å². The lowest BCUT2D eigenvalue weighted by Gasteiger charge is -2.15. The largest absolute Gasteiger partial charge is 0.481 e. The average molecular weight is 348 g/mol. The highest BCUT2D eigenvalue weighted by atomic mass is 32.2. The zero-order valence-electron chi connectivity index (χ0n) is 13.7. The van der Waals surface area contributed by atoms with Crippen LogP contribution in [0.25, 0.3) is 0 Å². The van der Waals surface area contributed by atoms with Crippen molar-refractivity contribution in [3.63, 3.8) is 0 Å². The fraction of sp³-hybridized carbons (Fsp3) is 0.235. The lowest BCUT2D eigenvalue weighted by molar-refractivity contribution is -0.122. The van der Waals surface area contributed by atoms with E-state index in [1.165, 1.54) is 24.3 Å². The van der Waals surface area contributed by atoms with Gasteiger partial charge in [0.2, 0.25) is 10.0 Å². The number of nitrogens with two attached hydrogens (primary N) is 1. The van der Waals surface area contributed by atoms with Gasteiger partial charge in [0, 0.05) is 5.69 Å². The van der Waals surface area contributed by atoms with Gasteiger partial charge in [0.25, 0.3) is 5.91 Å². The van der Waals surface area contributed by atoms with Gasteiger partial charge in [-0.15, -0.1) is 0 Å². The molecule has 0 spiro atoms. The van der Waals surface area contributed by atoms with Crippen molar-refractivity contribution in [2.75, 3.05) is 5.32 Å². The molecule has 0 aliphatic carbocycles. The predicted octanol–water partition coefficient (Wildman–Crippen LogP) is 2.36. The van der Waals surface area contributed by atoms with Crippen molar-refractivity contribution in [2.45, 2.75) is 31.8 Å². The Kier molecular flexibility index (Phi) is 5.26. The van der Waals surface area contributed by atoms with Crippen molar-refractivity contribution in [1.29, 1.82) is 0 Å². The summed E-state index contributed by atoms with van der Waals surface area (Å²) in [6, 6.07) is 11.4. The van der Waals surface area contributed by atoms with E-state index in [-0.39, 0.29) is 10.8 Å². The number of hydrogen-bond acceptors (Lipinski definition) is 4. The number of benzene rings is 2. The van der Waals surface area contributed by atoms with Gasteiger partial charge < -0.3 is 10.1 Å². The molecule has 0 aliphatic rings. The van der Waals surface area contributed by atoms with Gasteiger partial charge in [-0.05, 0) is 68.3 Å². The van der Waals surface area contributed by atoms with Crippen LogP contribution in [0.2, 0.25) is 0 Å². The van der Waals surface area contributed by atoms with E-state index in [0.29, 0.717) is 11.4 Å². The normalized spacial score (nSPS) is 12.5. The summed E-state index contributed by atoms with van der Waals surface area (Å²) in [6.07, 6.45) is -0.705. The van der Waals surface area contributed by atoms with E-state index in [9.17, 15) is 13.2 Å². The number of carbonyl (C=O) groups is 1. The van der Waals surface area contributed by atoms with Gasteiger partial charge in [-0.3, -0.25) is 4.79 Å². The summed E-state index contributed by atoms with van der Waals surface area (Å²) < 4.78 is 28.1. The first-order chi connectivity index (χ1) is 11.1. The van der Waals surface area contributed by atoms with E-state index in [1.807, 2.05) is 32.0 Å². The van der Waals surface area contributed by atoms with Crippen LogP contribution >= 0.6 is 0 Å². The van der Waals surface area contributed by atoms with Gasteiger partial charge in [-0.1, -0.05) is 6.07 Å². The van der Waals surface area contributed by atoms with E-state index < -0.39 is 16.1 Å². The Hall–Kier alpha value is -2.38. The van der Waals surface area contributed by atoms with Gasteiger partial charge in [-0.2, -0.15) is 0 Å². The Balaban J connectivity index is 2.03. The first-order valence-corrected chi connectivity index (χ1v) is 8.88. The van der Waals surface area contributed by atoms with Crippen LogP contribution in [-0.4, -0.2) is 20.4 Å². The number of nitrogens with one attached hydrogen (secondary N) is 1. The molecule has 7 heteroatoms. The second-order valence-corrected chi connectivity index (χ2v) is 7.20. The molecular formula is C17H20N2O4S. The van der Waals surface area contributed by atoms with E-state index in [1.54, 1.807) is 6.92 Å². The Morgan fingerprint density at radius 3 is 2.12 bits per heavy atom. The number of primary sulfonamides is 1. The van der Waals surface area contributed by atoms with Crippen LogP contribution in [0.15, 0.2) is 47.4 Å². The Morgan fingerprint density at radius 2 is 1.62 bits per heavy atom. The van der Waals surface area contributed by atoms with Crippen LogP contribution in [-0.2, 0) is 14.8 Å². The molecule has 0 saturated heterocycles. The summed E-state index contributed by atoms with van der Waals surface area (Å²) in [5.74, 6) is 0.289. The molecule has 2 rings (SSSR count). The van der Waals surface area contributed by atoms with Gasteiger partial charge in [-0.25, -0.2) is 13.6 Å². The molecule has 0 saturated carbocycles. The quantitative estimate of drug-likeness (QED) is 0.866. The van der Waals surface area contributed by atoms with E-state index >= 15 is 0 Å². The molecule has 128 valence electrons. The predicted molar refractivity (Wildman–Crippen MR) is 92.5 cm³/mol. The van der Waals surface area contributed by atoms with Crippen LogP contribution < -0.4 is 15.2 Å². The smallest absolute Gasteiger partial charge is 0.265 e. The van der Waals surface area contributed by atoms with Crippen molar-refractivity contribution < 1.29 is 17.9 Å². The Morgan fingerprint density at radius 1 is 1.08 bits per heavy atom. The highest BCUT2D eigenvalue weighted by Crippen LogP contribution is 2.18. The minimum atomic E-state index is -3.75. The first-order valence-electron chi connectivity index (χ1n) is 7.34. The molecule has 0 aliphatic heterocycles. The number of rotatable bonds is 5. The fourth-order valence-corrected chi connectivity index (χ4v) is 2.75. The molecule has 0 fully saturated rings. The minimum absolute atomic E-state index is 0.0139. The molecule has 0 heterocycles. The van der Waals surface area contributed by atoms with Crippen molar-refractivity contribution in [3.8, 4) is 5.75 Å². The van der Waals surface area contributed by atoms with Crippen molar-refractivity contribution in [1.82, 2.24) is 0 Å². The van der Waals surface area contributed by atoms with Crippen LogP contribution in [0, 0.1) is 13.8 Å². The SMILES string of the molecule is Cc1cc(C)cc(O[C@H](C)C(=O)Nc2ccc(S(N)(=O)=O)cc2)c1. The number of aryl methyl sites for hydroxylation is 2. The third-order valence-corrected chi connectivity index (χ3v) is 4.26. The van der Waals surface area contributed by atoms with Gasteiger partial charge in [0.1, 0.15) is 5.75 Å². The summed E-state index contributed by atoms with van der Waals surface area (Å²) in [5.41, 5.74) is 2.57. The standard InChI is InChI=1S/C17H20N2O4S/c1-11-8-12(2)10-15(9-11)23-13(3)17(20)19-14-4-6-16(7-5-14)24(18,21)22/h4-10,13H,1-3H3,(H,19,20)(H2,18,21,22)/t13-/m1/s1. The molecule has 24 heavy (non-hydrogen) atoms. The van der Waals surface area contributed by atoms with Crippen molar-refractivity contribution in [3.05, 3.63) is 53.6 Å². The summed E-state index contributed by atoms with van der Waals surface area (Å²) >= 11 is 0. The molecule has 3 N–H and O–H groups in total. The molecule has 1 atom stereocenters. The third-order valence-electron chi connectivity index (χ3n) is 3.33. The molecule has 0 radical (unpaired) electrons. The first kappa shape index (κ1) is 18.0. The fourth-order valence-electron chi connectivity index (χ4n) is 2.23. The molecule has 1 amide bonds. The maximum absolute atomic E-state index is 12.2. The number of hydrogen-bond donors (Lipinski definition) is 2. The Labute approximate surface area is 141 Å². The highest BCUT2D eigenvalue weighted by Gasteiger charge is 2.16. The van der Waals surface area contributed by atoms with E-state index in [0.717, 1.165) is 11.1 Å². The maximum Gasteiger partial charge on any atom is 0.265 e. The number of amides is 1. The van der Waals surface area contributed by atoms with E-state index in [4.69, 9.17) is 9.88 Å². The van der Waals surface area contributed by atoms with Crippen molar-refractivity contribution >= 4 is 21.6 Å². The topological polar surface area (TPSA) is 98.5 Å². The molecular weight excluding hydrogens is 328 g/mol. The molecule has 0 unspecified atom stereocenters. The molecule has 2 aromatic rings. The highest BCUT2D eigenvalue weighted by molar-refractivity contribution is 7.89. The molecule has 6 nitrogen and oxygen atoms in total. The third kappa shape index (κ3) is 4.81. The molecule has 0 bridgehead atoms. The monoisotopic (exact) mass is 348 g/mol. The van der Waals surface area contributed by atoms with Crippen LogP contribution in [0.1, 0.15) is 18.1 Å². The second-order valence-electron chi connectivity index (χ2n) is 5.64. The number of anilines is 1. The van der Waals surface area contributed by atoms with Gasteiger partial charge in [0.05, 0.1) is 4.90 Å². The van der Waals surface area contributed by atoms with Crippen LogP contribution in [0.3, 0.4) is 0 Å². The summed E-state index contributed by atoms with van der Waals surface area (Å²) in [4.78, 5) is 12.2. The number of carbonyl (C=O) groups excluding carboxylic acids is 1. The zero-order valence-corrected chi connectivity index (χ0v) is 14.6. The summed E-state index contributed by atoms with van der Waals surface area (Å²) in [7, 11) is -3.75. The Bertz CT molecular complexity index is 825. The van der Waals surface area contributed by atoms with E-state index in [2.05, 4.69) is 5.32 Å². The molecule has 0 aromatic heterocycles. The number of ether oxygens (including phenoxy) is 1. The lowest BCUT2D eigenvalue weighted by atomic mass is 10.1. The minimum Gasteiger partial charge on any atom is -0.481 e. The zero-order chi connectivity index (χ0) is 17.9. The average Bonchev–Trinajstić information content (AvgIpc) is 2.45. The summed E-state index contributed by atoms with van der Waals surface area (Å²) in [6.45, 7) is 5.56. The lowest BCUT2D eigenvalue weighted by Crippen LogP contribution is -2.30. The molecule has 2 aromatic carbocycles. The summed E-state index contributed by atoms with van der Waals surface area (Å²) in [5, 5.41) is 7.70. The van der Waals surface area contributed by atoms with Gasteiger partial charge in [0.15, 0.2) is 6.10 Å². The van der Waals surface area contributed by atoms with Crippen LogP contribution in [0.4, 0.5) is 5.69 Å². The number of sulfonamides is 1. The van der Waals surface area contributed by atoms with Crippen LogP contribution in [0.5, 0.6) is 5.75 Å². The van der Waals surface area contributed by atoms with Gasteiger partial charge >= 0.3 is 0 Å². The maximum atomic E-state index is 12.2.